The van der Waals surface area contributed by atoms with Gasteiger partial charge in [-0.1, -0.05) is 13.8 Å². The molecular weight excluding hydrogens is 174 g/mol. The second kappa shape index (κ2) is 3.82. The molecule has 1 aliphatic heterocycles. The molecule has 2 heteroatoms. The van der Waals surface area contributed by atoms with E-state index in [2.05, 4.69) is 19.2 Å². The number of hydrogen-bond donors (Lipinski definition) is 2. The highest BCUT2D eigenvalue weighted by Gasteiger charge is 2.40. The summed E-state index contributed by atoms with van der Waals surface area (Å²) in [6.45, 7) is 6.23. The summed E-state index contributed by atoms with van der Waals surface area (Å²) >= 11 is 0. The summed E-state index contributed by atoms with van der Waals surface area (Å²) < 4.78 is 0. The Morgan fingerprint density at radius 3 is 2.86 bits per heavy atom. The van der Waals surface area contributed by atoms with Crippen molar-refractivity contribution in [3.63, 3.8) is 0 Å². The summed E-state index contributed by atoms with van der Waals surface area (Å²) in [6.07, 6.45) is 5.08. The van der Waals surface area contributed by atoms with E-state index in [-0.39, 0.29) is 0 Å². The standard InChI is InChI=1S/C12H23NO/c1-12(2)5-3-11-10(7-12)9(8-14)4-6-13-11/h9-11,13-14H,3-8H2,1-2H3. The molecule has 2 rings (SSSR count). The van der Waals surface area contributed by atoms with Crippen molar-refractivity contribution in [2.45, 2.75) is 45.6 Å². The average Bonchev–Trinajstić information content (AvgIpc) is 2.15. The fraction of sp³-hybridized carbons (Fsp3) is 1.00. The predicted octanol–water partition coefficient (Wildman–Crippen LogP) is 1.78. The van der Waals surface area contributed by atoms with Crippen LogP contribution in [0.2, 0.25) is 0 Å². The molecule has 0 radical (unpaired) electrons. The van der Waals surface area contributed by atoms with E-state index in [4.69, 9.17) is 0 Å². The van der Waals surface area contributed by atoms with Crippen LogP contribution in [-0.4, -0.2) is 24.3 Å². The molecule has 0 aromatic carbocycles. The maximum Gasteiger partial charge on any atom is 0.0462 e. The molecule has 1 saturated heterocycles. The lowest BCUT2D eigenvalue weighted by molar-refractivity contribution is 0.0386. The second-order valence-electron chi connectivity index (χ2n) is 5.86. The lowest BCUT2D eigenvalue weighted by Crippen LogP contribution is -2.51. The van der Waals surface area contributed by atoms with Crippen molar-refractivity contribution in [1.29, 1.82) is 0 Å². The van der Waals surface area contributed by atoms with Crippen molar-refractivity contribution in [2.75, 3.05) is 13.2 Å². The van der Waals surface area contributed by atoms with Gasteiger partial charge in [-0.25, -0.2) is 0 Å². The van der Waals surface area contributed by atoms with Crippen LogP contribution < -0.4 is 5.32 Å². The summed E-state index contributed by atoms with van der Waals surface area (Å²) in [5.74, 6) is 1.28. The van der Waals surface area contributed by atoms with Gasteiger partial charge in [0.1, 0.15) is 0 Å². The molecular formula is C12H23NO. The zero-order chi connectivity index (χ0) is 10.2. The monoisotopic (exact) mass is 197 g/mol. The van der Waals surface area contributed by atoms with Crippen molar-refractivity contribution in [2.24, 2.45) is 17.3 Å². The molecule has 1 saturated carbocycles. The van der Waals surface area contributed by atoms with Gasteiger partial charge in [0, 0.05) is 12.6 Å². The Balaban J connectivity index is 2.06. The number of aliphatic hydroxyl groups excluding tert-OH is 1. The minimum absolute atomic E-state index is 0.388. The highest BCUT2D eigenvalue weighted by Crippen LogP contribution is 2.43. The molecule has 2 fully saturated rings. The molecule has 1 aliphatic carbocycles. The quantitative estimate of drug-likeness (QED) is 0.671. The molecule has 14 heavy (non-hydrogen) atoms. The summed E-state index contributed by atoms with van der Waals surface area (Å²) in [7, 11) is 0. The van der Waals surface area contributed by atoms with Crippen LogP contribution in [0.5, 0.6) is 0 Å². The summed E-state index contributed by atoms with van der Waals surface area (Å²) in [4.78, 5) is 0. The minimum atomic E-state index is 0.388. The largest absolute Gasteiger partial charge is 0.396 e. The molecule has 2 nitrogen and oxygen atoms in total. The first-order chi connectivity index (χ1) is 6.62. The van der Waals surface area contributed by atoms with Gasteiger partial charge in [0.2, 0.25) is 0 Å². The third-order valence-electron chi connectivity index (χ3n) is 4.20. The molecule has 82 valence electrons. The van der Waals surface area contributed by atoms with E-state index in [0.29, 0.717) is 24.0 Å². The normalized spacial score (nSPS) is 41.8. The molecule has 1 heterocycles. The Morgan fingerprint density at radius 1 is 1.36 bits per heavy atom. The van der Waals surface area contributed by atoms with Crippen LogP contribution in [0.25, 0.3) is 0 Å². The molecule has 0 aromatic rings. The van der Waals surface area contributed by atoms with E-state index in [1.807, 2.05) is 0 Å². The summed E-state index contributed by atoms with van der Waals surface area (Å²) in [5.41, 5.74) is 0.494. The topological polar surface area (TPSA) is 32.3 Å². The first kappa shape index (κ1) is 10.4. The van der Waals surface area contributed by atoms with Crippen molar-refractivity contribution in [3.05, 3.63) is 0 Å². The first-order valence-electron chi connectivity index (χ1n) is 5.97. The zero-order valence-electron chi connectivity index (χ0n) is 9.42. The summed E-state index contributed by atoms with van der Waals surface area (Å²) in [6, 6.07) is 0.689. The highest BCUT2D eigenvalue weighted by atomic mass is 16.3. The van der Waals surface area contributed by atoms with Crippen molar-refractivity contribution in [1.82, 2.24) is 5.32 Å². The van der Waals surface area contributed by atoms with Gasteiger partial charge in [0.15, 0.2) is 0 Å². The van der Waals surface area contributed by atoms with Gasteiger partial charge >= 0.3 is 0 Å². The Labute approximate surface area is 87.1 Å². The van der Waals surface area contributed by atoms with Crippen LogP contribution in [0.4, 0.5) is 0 Å². The van der Waals surface area contributed by atoms with Crippen LogP contribution >= 0.6 is 0 Å². The molecule has 0 bridgehead atoms. The van der Waals surface area contributed by atoms with E-state index >= 15 is 0 Å². The Bertz CT molecular complexity index is 196. The Morgan fingerprint density at radius 2 is 2.14 bits per heavy atom. The van der Waals surface area contributed by atoms with Gasteiger partial charge in [0.05, 0.1) is 0 Å². The van der Waals surface area contributed by atoms with Crippen LogP contribution in [0.1, 0.15) is 39.5 Å². The number of piperidine rings is 1. The fourth-order valence-corrected chi connectivity index (χ4v) is 3.29. The van der Waals surface area contributed by atoms with Crippen molar-refractivity contribution >= 4 is 0 Å². The predicted molar refractivity (Wildman–Crippen MR) is 58.1 cm³/mol. The highest BCUT2D eigenvalue weighted by molar-refractivity contribution is 4.94. The van der Waals surface area contributed by atoms with E-state index in [0.717, 1.165) is 18.9 Å². The third-order valence-corrected chi connectivity index (χ3v) is 4.20. The van der Waals surface area contributed by atoms with Gasteiger partial charge in [-0.2, -0.15) is 0 Å². The molecule has 0 aromatic heterocycles. The van der Waals surface area contributed by atoms with Gasteiger partial charge in [-0.15, -0.1) is 0 Å². The first-order valence-corrected chi connectivity index (χ1v) is 5.97. The van der Waals surface area contributed by atoms with Crippen molar-refractivity contribution < 1.29 is 5.11 Å². The van der Waals surface area contributed by atoms with E-state index in [1.54, 1.807) is 0 Å². The van der Waals surface area contributed by atoms with Gasteiger partial charge < -0.3 is 10.4 Å². The average molecular weight is 197 g/mol. The molecule has 2 N–H and O–H groups in total. The van der Waals surface area contributed by atoms with Gasteiger partial charge in [-0.05, 0) is 49.5 Å². The number of fused-ring (bicyclic) bond motifs is 1. The lowest BCUT2D eigenvalue weighted by atomic mass is 9.64. The van der Waals surface area contributed by atoms with Crippen LogP contribution in [0.3, 0.4) is 0 Å². The molecule has 3 atom stereocenters. The second-order valence-corrected chi connectivity index (χ2v) is 5.86. The number of rotatable bonds is 1. The van der Waals surface area contributed by atoms with Gasteiger partial charge in [-0.3, -0.25) is 0 Å². The number of hydrogen-bond acceptors (Lipinski definition) is 2. The maximum atomic E-state index is 9.37. The third kappa shape index (κ3) is 1.96. The van der Waals surface area contributed by atoms with Crippen LogP contribution in [-0.2, 0) is 0 Å². The van der Waals surface area contributed by atoms with E-state index < -0.39 is 0 Å². The van der Waals surface area contributed by atoms with Crippen LogP contribution in [0.15, 0.2) is 0 Å². The summed E-state index contributed by atoms with van der Waals surface area (Å²) in [5, 5.41) is 13.0. The van der Waals surface area contributed by atoms with Gasteiger partial charge in [0.25, 0.3) is 0 Å². The zero-order valence-corrected chi connectivity index (χ0v) is 9.42. The van der Waals surface area contributed by atoms with Crippen LogP contribution in [0, 0.1) is 17.3 Å². The molecule has 2 aliphatic rings. The van der Waals surface area contributed by atoms with E-state index in [9.17, 15) is 5.11 Å². The smallest absolute Gasteiger partial charge is 0.0462 e. The SMILES string of the molecule is CC1(C)CCC2NCCC(CO)C2C1. The molecule has 3 unspecified atom stereocenters. The molecule has 0 amide bonds. The number of nitrogens with one attached hydrogen (secondary N) is 1. The fourth-order valence-electron chi connectivity index (χ4n) is 3.29. The Hall–Kier alpha value is -0.0800. The Kier molecular flexibility index (Phi) is 2.85. The maximum absolute atomic E-state index is 9.37. The minimum Gasteiger partial charge on any atom is -0.396 e. The van der Waals surface area contributed by atoms with E-state index in [1.165, 1.54) is 19.3 Å². The lowest BCUT2D eigenvalue weighted by Gasteiger charge is -2.47. The number of aliphatic hydroxyl groups is 1. The molecule has 0 spiro atoms. The van der Waals surface area contributed by atoms with Crippen molar-refractivity contribution in [3.8, 4) is 0 Å².